The van der Waals surface area contributed by atoms with Crippen molar-refractivity contribution in [2.24, 2.45) is 0 Å². The number of likely N-dealkylation sites (tertiary alicyclic amines) is 1. The molecule has 1 aromatic heterocycles. The van der Waals surface area contributed by atoms with Crippen molar-refractivity contribution in [3.63, 3.8) is 0 Å². The summed E-state index contributed by atoms with van der Waals surface area (Å²) >= 11 is 9.31. The number of hydrogen-bond acceptors (Lipinski definition) is 3. The largest absolute Gasteiger partial charge is 0.348 e. The molecule has 0 saturated carbocycles. The van der Waals surface area contributed by atoms with Gasteiger partial charge in [-0.1, -0.05) is 42.3 Å². The molecule has 0 bridgehead atoms. The summed E-state index contributed by atoms with van der Waals surface area (Å²) < 4.78 is 0.725. The molecule has 6 heteroatoms. The zero-order valence-corrected chi connectivity index (χ0v) is 17.2. The molecule has 26 heavy (non-hydrogen) atoms. The molecule has 1 fully saturated rings. The Balaban J connectivity index is 1.55. The molecule has 0 aliphatic carbocycles. The highest BCUT2D eigenvalue weighted by molar-refractivity contribution is 9.10. The third-order valence-corrected chi connectivity index (χ3v) is 5.59. The molecule has 2 heterocycles. The number of piperidine rings is 1. The van der Waals surface area contributed by atoms with Crippen molar-refractivity contribution in [2.75, 3.05) is 6.54 Å². The van der Waals surface area contributed by atoms with Crippen molar-refractivity contribution in [1.82, 2.24) is 15.2 Å². The van der Waals surface area contributed by atoms with E-state index in [4.69, 9.17) is 11.6 Å². The monoisotopic (exact) mass is 435 g/mol. The van der Waals surface area contributed by atoms with Crippen molar-refractivity contribution in [3.8, 4) is 0 Å². The topological polar surface area (TPSA) is 45.2 Å². The lowest BCUT2D eigenvalue weighted by Gasteiger charge is -2.33. The fourth-order valence-corrected chi connectivity index (χ4v) is 3.77. The van der Waals surface area contributed by atoms with Gasteiger partial charge < -0.3 is 5.32 Å². The highest BCUT2D eigenvalue weighted by Crippen LogP contribution is 2.20. The van der Waals surface area contributed by atoms with Gasteiger partial charge in [-0.15, -0.1) is 0 Å². The summed E-state index contributed by atoms with van der Waals surface area (Å²) in [6, 6.07) is 10.8. The van der Waals surface area contributed by atoms with Gasteiger partial charge in [-0.2, -0.15) is 0 Å². The summed E-state index contributed by atoms with van der Waals surface area (Å²) in [5.74, 6) is -0.227. The zero-order valence-electron chi connectivity index (χ0n) is 14.8. The summed E-state index contributed by atoms with van der Waals surface area (Å²) in [6.45, 7) is 4.95. The second-order valence-corrected chi connectivity index (χ2v) is 8.08. The summed E-state index contributed by atoms with van der Waals surface area (Å²) in [4.78, 5) is 18.8. The van der Waals surface area contributed by atoms with E-state index in [0.29, 0.717) is 18.2 Å². The van der Waals surface area contributed by atoms with Crippen molar-refractivity contribution < 1.29 is 4.79 Å². The third kappa shape index (κ3) is 5.06. The first-order valence-corrected chi connectivity index (χ1v) is 10.1. The second kappa shape index (κ2) is 8.98. The first kappa shape index (κ1) is 19.3. The van der Waals surface area contributed by atoms with E-state index in [1.54, 1.807) is 12.3 Å². The Kier molecular flexibility index (Phi) is 6.68. The first-order chi connectivity index (χ1) is 12.5. The van der Waals surface area contributed by atoms with E-state index >= 15 is 0 Å². The maximum atomic E-state index is 12.3. The molecule has 138 valence electrons. The fourth-order valence-electron chi connectivity index (χ4n) is 3.25. The van der Waals surface area contributed by atoms with E-state index in [2.05, 4.69) is 62.3 Å². The summed E-state index contributed by atoms with van der Waals surface area (Å²) in [5, 5.41) is 3.10. The molecular weight excluding hydrogens is 414 g/mol. The number of amides is 1. The fraction of sp³-hybridized carbons (Fsp3) is 0.400. The molecule has 1 unspecified atom stereocenters. The van der Waals surface area contributed by atoms with Gasteiger partial charge in [0.05, 0.1) is 5.56 Å². The third-order valence-electron chi connectivity index (χ3n) is 4.85. The van der Waals surface area contributed by atoms with Gasteiger partial charge in [-0.25, -0.2) is 4.98 Å². The van der Waals surface area contributed by atoms with Gasteiger partial charge in [0.15, 0.2) is 0 Å². The first-order valence-electron chi connectivity index (χ1n) is 8.94. The van der Waals surface area contributed by atoms with Gasteiger partial charge in [-0.3, -0.25) is 9.69 Å². The van der Waals surface area contributed by atoms with E-state index in [9.17, 15) is 4.79 Å². The van der Waals surface area contributed by atoms with E-state index in [-0.39, 0.29) is 11.1 Å². The molecule has 1 saturated heterocycles. The molecule has 3 rings (SSSR count). The number of nitrogens with one attached hydrogen (secondary N) is 1. The van der Waals surface area contributed by atoms with Crippen molar-refractivity contribution in [3.05, 3.63) is 62.8 Å². The molecule has 1 atom stereocenters. The smallest absolute Gasteiger partial charge is 0.254 e. The lowest BCUT2D eigenvalue weighted by atomic mass is 10.0. The number of rotatable bonds is 5. The number of nitrogens with zero attached hydrogens (tertiary/aromatic N) is 2. The van der Waals surface area contributed by atoms with E-state index in [1.165, 1.54) is 31.4 Å². The maximum Gasteiger partial charge on any atom is 0.254 e. The van der Waals surface area contributed by atoms with E-state index < -0.39 is 0 Å². The molecule has 1 aliphatic rings. The van der Waals surface area contributed by atoms with Crippen LogP contribution in [0.5, 0.6) is 0 Å². The Hall–Kier alpha value is -1.43. The van der Waals surface area contributed by atoms with Gasteiger partial charge in [0, 0.05) is 29.8 Å². The standard InChI is InChI=1S/C20H23BrClN3O/c1-14-4-2-3-9-25(14)13-16-7-5-15(6-8-16)11-24-20(26)18-10-17(21)12-23-19(18)22/h5-8,10,12,14H,2-4,9,11,13H2,1H3,(H,24,26). The second-order valence-electron chi connectivity index (χ2n) is 6.81. The van der Waals surface area contributed by atoms with Gasteiger partial charge in [0.25, 0.3) is 5.91 Å². The normalized spacial score (nSPS) is 17.9. The quantitative estimate of drug-likeness (QED) is 0.685. The number of benzene rings is 1. The van der Waals surface area contributed by atoms with Crippen LogP contribution in [0.4, 0.5) is 0 Å². The molecule has 0 spiro atoms. The minimum atomic E-state index is -0.227. The lowest BCUT2D eigenvalue weighted by Crippen LogP contribution is -2.36. The number of hydrogen-bond donors (Lipinski definition) is 1. The van der Waals surface area contributed by atoms with Crippen LogP contribution >= 0.6 is 27.5 Å². The van der Waals surface area contributed by atoms with Crippen LogP contribution in [0.1, 0.15) is 47.7 Å². The summed E-state index contributed by atoms with van der Waals surface area (Å²) in [5.41, 5.74) is 2.75. The number of pyridine rings is 1. The van der Waals surface area contributed by atoms with Crippen LogP contribution in [0, 0.1) is 0 Å². The Labute approximate surface area is 168 Å². The Morgan fingerprint density at radius 3 is 2.77 bits per heavy atom. The van der Waals surface area contributed by atoms with E-state index in [0.717, 1.165) is 16.6 Å². The van der Waals surface area contributed by atoms with Gasteiger partial charge in [-0.05, 0) is 59.4 Å². The Bertz CT molecular complexity index is 766. The van der Waals surface area contributed by atoms with Crippen LogP contribution in [-0.4, -0.2) is 28.4 Å². The van der Waals surface area contributed by atoms with E-state index in [1.807, 2.05) is 0 Å². The summed E-state index contributed by atoms with van der Waals surface area (Å²) in [7, 11) is 0. The molecule has 4 nitrogen and oxygen atoms in total. The summed E-state index contributed by atoms with van der Waals surface area (Å²) in [6.07, 6.45) is 5.49. The SMILES string of the molecule is CC1CCCCN1Cc1ccc(CNC(=O)c2cc(Br)cnc2Cl)cc1. The number of carbonyl (C=O) groups is 1. The zero-order chi connectivity index (χ0) is 18.5. The van der Waals surface area contributed by atoms with Crippen LogP contribution in [0.3, 0.4) is 0 Å². The Morgan fingerprint density at radius 2 is 2.04 bits per heavy atom. The van der Waals surface area contributed by atoms with Crippen LogP contribution < -0.4 is 5.32 Å². The molecule has 1 aromatic carbocycles. The molecule has 2 aromatic rings. The van der Waals surface area contributed by atoms with Gasteiger partial charge in [0.1, 0.15) is 5.15 Å². The van der Waals surface area contributed by atoms with Crippen LogP contribution in [-0.2, 0) is 13.1 Å². The average molecular weight is 437 g/mol. The lowest BCUT2D eigenvalue weighted by molar-refractivity contribution is 0.0950. The number of aromatic nitrogens is 1. The molecule has 1 N–H and O–H groups in total. The molecule has 1 amide bonds. The average Bonchev–Trinajstić information content (AvgIpc) is 2.65. The highest BCUT2D eigenvalue weighted by atomic mass is 79.9. The number of carbonyl (C=O) groups excluding carboxylic acids is 1. The minimum absolute atomic E-state index is 0.205. The molecule has 0 radical (unpaired) electrons. The van der Waals surface area contributed by atoms with Crippen molar-refractivity contribution in [2.45, 2.75) is 45.3 Å². The molecular formula is C20H23BrClN3O. The Morgan fingerprint density at radius 1 is 1.31 bits per heavy atom. The predicted octanol–water partition coefficient (Wildman–Crippen LogP) is 4.80. The van der Waals surface area contributed by atoms with Crippen molar-refractivity contribution >= 4 is 33.4 Å². The van der Waals surface area contributed by atoms with Crippen LogP contribution in [0.15, 0.2) is 41.0 Å². The highest BCUT2D eigenvalue weighted by Gasteiger charge is 2.18. The molecule has 1 aliphatic heterocycles. The van der Waals surface area contributed by atoms with Gasteiger partial charge >= 0.3 is 0 Å². The minimum Gasteiger partial charge on any atom is -0.348 e. The maximum absolute atomic E-state index is 12.3. The predicted molar refractivity (Wildman–Crippen MR) is 108 cm³/mol. The van der Waals surface area contributed by atoms with Crippen LogP contribution in [0.25, 0.3) is 0 Å². The number of halogens is 2. The van der Waals surface area contributed by atoms with Crippen LogP contribution in [0.2, 0.25) is 5.15 Å². The van der Waals surface area contributed by atoms with Gasteiger partial charge in [0.2, 0.25) is 0 Å². The van der Waals surface area contributed by atoms with Crippen molar-refractivity contribution in [1.29, 1.82) is 0 Å².